The molecule has 4 rings (SSSR count). The first-order valence-electron chi connectivity index (χ1n) is 7.72. The van der Waals surface area contributed by atoms with Crippen molar-refractivity contribution in [2.24, 2.45) is 0 Å². The molecule has 1 aliphatic heterocycles. The van der Waals surface area contributed by atoms with E-state index in [0.29, 0.717) is 6.42 Å². The number of carbonyl (C=O) groups is 1. The summed E-state index contributed by atoms with van der Waals surface area (Å²) < 4.78 is 1.86. The van der Waals surface area contributed by atoms with Crippen LogP contribution >= 0.6 is 0 Å². The Morgan fingerprint density at radius 2 is 2.04 bits per heavy atom. The van der Waals surface area contributed by atoms with E-state index in [4.69, 9.17) is 0 Å². The molecule has 0 saturated heterocycles. The number of amides is 1. The molecule has 3 aromatic rings. The van der Waals surface area contributed by atoms with Crippen molar-refractivity contribution in [3.63, 3.8) is 0 Å². The van der Waals surface area contributed by atoms with Gasteiger partial charge < -0.3 is 5.32 Å². The molecule has 2 aromatic heterocycles. The molecule has 0 radical (unpaired) electrons. The molecular weight excluding hydrogens is 290 g/mol. The van der Waals surface area contributed by atoms with E-state index in [-0.39, 0.29) is 17.9 Å². The molecule has 23 heavy (non-hydrogen) atoms. The van der Waals surface area contributed by atoms with E-state index in [1.807, 2.05) is 42.9 Å². The van der Waals surface area contributed by atoms with Gasteiger partial charge in [0.2, 0.25) is 5.91 Å². The van der Waals surface area contributed by atoms with Crippen molar-refractivity contribution in [1.82, 2.24) is 19.7 Å². The lowest BCUT2D eigenvalue weighted by Crippen LogP contribution is -2.25. The number of rotatable bonds is 2. The molecule has 3 heterocycles. The Balaban J connectivity index is 1.91. The highest BCUT2D eigenvalue weighted by atomic mass is 16.1. The highest BCUT2D eigenvalue weighted by molar-refractivity contribution is 5.95. The van der Waals surface area contributed by atoms with Crippen LogP contribution in [0.5, 0.6) is 0 Å². The summed E-state index contributed by atoms with van der Waals surface area (Å²) in [5, 5.41) is 7.42. The predicted octanol–water partition coefficient (Wildman–Crippen LogP) is 2.88. The Bertz CT molecular complexity index is 894. The third kappa shape index (κ3) is 2.18. The summed E-state index contributed by atoms with van der Waals surface area (Å²) in [5.74, 6) is 0.750. The second kappa shape index (κ2) is 5.15. The lowest BCUT2D eigenvalue weighted by atomic mass is 9.86. The lowest BCUT2D eigenvalue weighted by Gasteiger charge is -2.25. The summed E-state index contributed by atoms with van der Waals surface area (Å²) in [6.45, 7) is 4.10. The van der Waals surface area contributed by atoms with Crippen molar-refractivity contribution >= 4 is 22.8 Å². The summed E-state index contributed by atoms with van der Waals surface area (Å²) in [5.41, 5.74) is 3.75. The SMILES string of the molecule is CC(C)n1ncc2c1NC(=O)C[C@H]2c1cccc2nccnc12. The normalized spacial score (nSPS) is 17.3. The predicted molar refractivity (Wildman–Crippen MR) is 87.2 cm³/mol. The average Bonchev–Trinajstić information content (AvgIpc) is 2.97. The first-order chi connectivity index (χ1) is 11.1. The number of anilines is 1. The molecule has 0 saturated carbocycles. The van der Waals surface area contributed by atoms with Crippen LogP contribution in [0.2, 0.25) is 0 Å². The molecule has 1 aliphatic rings. The number of para-hydroxylation sites is 1. The molecule has 1 aromatic carbocycles. The highest BCUT2D eigenvalue weighted by Gasteiger charge is 2.31. The zero-order valence-electron chi connectivity index (χ0n) is 13.0. The number of fused-ring (bicyclic) bond motifs is 2. The van der Waals surface area contributed by atoms with Gasteiger partial charge >= 0.3 is 0 Å². The number of nitrogens with zero attached hydrogens (tertiary/aromatic N) is 4. The third-order valence-corrected chi connectivity index (χ3v) is 4.24. The fourth-order valence-electron chi connectivity index (χ4n) is 3.20. The average molecular weight is 307 g/mol. The molecule has 1 amide bonds. The second-order valence-electron chi connectivity index (χ2n) is 6.06. The molecular formula is C17H17N5O. The molecule has 6 heteroatoms. The van der Waals surface area contributed by atoms with E-state index in [0.717, 1.165) is 28.0 Å². The van der Waals surface area contributed by atoms with Crippen LogP contribution in [0.3, 0.4) is 0 Å². The first kappa shape index (κ1) is 13.9. The van der Waals surface area contributed by atoms with Gasteiger partial charge in [0.15, 0.2) is 0 Å². The minimum atomic E-state index is -0.0494. The fourth-order valence-corrected chi connectivity index (χ4v) is 3.20. The molecule has 6 nitrogen and oxygen atoms in total. The minimum absolute atomic E-state index is 0.00536. The minimum Gasteiger partial charge on any atom is -0.311 e. The van der Waals surface area contributed by atoms with Gasteiger partial charge in [-0.15, -0.1) is 0 Å². The van der Waals surface area contributed by atoms with Crippen molar-refractivity contribution in [2.75, 3.05) is 5.32 Å². The summed E-state index contributed by atoms with van der Waals surface area (Å²) in [7, 11) is 0. The zero-order chi connectivity index (χ0) is 16.0. The topological polar surface area (TPSA) is 72.7 Å². The maximum Gasteiger partial charge on any atom is 0.226 e. The zero-order valence-corrected chi connectivity index (χ0v) is 13.0. The Labute approximate surface area is 133 Å². The van der Waals surface area contributed by atoms with Crippen LogP contribution in [0.4, 0.5) is 5.82 Å². The van der Waals surface area contributed by atoms with Crippen LogP contribution in [0.25, 0.3) is 11.0 Å². The second-order valence-corrected chi connectivity index (χ2v) is 6.06. The van der Waals surface area contributed by atoms with Gasteiger partial charge in [-0.25, -0.2) is 4.68 Å². The lowest BCUT2D eigenvalue weighted by molar-refractivity contribution is -0.116. The number of nitrogens with one attached hydrogen (secondary N) is 1. The van der Waals surface area contributed by atoms with Gasteiger partial charge in [-0.1, -0.05) is 12.1 Å². The van der Waals surface area contributed by atoms with Gasteiger partial charge in [0, 0.05) is 36.3 Å². The molecule has 0 bridgehead atoms. The summed E-state index contributed by atoms with van der Waals surface area (Å²) in [6.07, 6.45) is 5.62. The number of hydrogen-bond acceptors (Lipinski definition) is 4. The van der Waals surface area contributed by atoms with Crippen molar-refractivity contribution < 1.29 is 4.79 Å². The summed E-state index contributed by atoms with van der Waals surface area (Å²) in [4.78, 5) is 21.1. The van der Waals surface area contributed by atoms with Crippen LogP contribution in [-0.4, -0.2) is 25.7 Å². The quantitative estimate of drug-likeness (QED) is 0.790. The van der Waals surface area contributed by atoms with Crippen molar-refractivity contribution in [3.05, 3.63) is 47.9 Å². The summed E-state index contributed by atoms with van der Waals surface area (Å²) >= 11 is 0. The van der Waals surface area contributed by atoms with Crippen molar-refractivity contribution in [1.29, 1.82) is 0 Å². The number of aromatic nitrogens is 4. The Morgan fingerprint density at radius 1 is 1.22 bits per heavy atom. The van der Waals surface area contributed by atoms with E-state index >= 15 is 0 Å². The van der Waals surface area contributed by atoms with Gasteiger partial charge in [-0.2, -0.15) is 5.10 Å². The largest absolute Gasteiger partial charge is 0.311 e. The Morgan fingerprint density at radius 3 is 2.87 bits per heavy atom. The van der Waals surface area contributed by atoms with Gasteiger partial charge in [0.05, 0.1) is 17.2 Å². The maximum absolute atomic E-state index is 12.2. The number of carbonyl (C=O) groups excluding carboxylic acids is 1. The van der Waals surface area contributed by atoms with E-state index < -0.39 is 0 Å². The van der Waals surface area contributed by atoms with E-state index in [9.17, 15) is 4.79 Å². The fraction of sp³-hybridized carbons (Fsp3) is 0.294. The molecule has 0 fully saturated rings. The van der Waals surface area contributed by atoms with Crippen molar-refractivity contribution in [2.45, 2.75) is 32.2 Å². The standard InChI is InChI=1S/C17H17N5O/c1-10(2)22-17-13(9-20-22)12(8-15(23)21-17)11-4-3-5-14-16(11)19-7-6-18-14/h3-7,9-10,12H,8H2,1-2H3,(H,21,23)/t12-/m0/s1. The van der Waals surface area contributed by atoms with Crippen molar-refractivity contribution in [3.8, 4) is 0 Å². The summed E-state index contributed by atoms with van der Waals surface area (Å²) in [6, 6.07) is 6.11. The molecule has 0 spiro atoms. The van der Waals surface area contributed by atoms with Gasteiger partial charge in [-0.3, -0.25) is 14.8 Å². The number of hydrogen-bond donors (Lipinski definition) is 1. The molecule has 1 N–H and O–H groups in total. The molecule has 0 unspecified atom stereocenters. The van der Waals surface area contributed by atoms with Crippen LogP contribution < -0.4 is 5.32 Å². The highest BCUT2D eigenvalue weighted by Crippen LogP contribution is 2.39. The Hall–Kier alpha value is -2.76. The maximum atomic E-state index is 12.2. The van der Waals surface area contributed by atoms with E-state index in [2.05, 4.69) is 20.4 Å². The monoisotopic (exact) mass is 307 g/mol. The van der Waals surface area contributed by atoms with Crippen LogP contribution in [0.15, 0.2) is 36.8 Å². The third-order valence-electron chi connectivity index (χ3n) is 4.24. The van der Waals surface area contributed by atoms with Gasteiger partial charge in [0.1, 0.15) is 5.82 Å². The molecule has 0 aliphatic carbocycles. The Kier molecular flexibility index (Phi) is 3.11. The van der Waals surface area contributed by atoms with Gasteiger partial charge in [-0.05, 0) is 25.5 Å². The van der Waals surface area contributed by atoms with Crippen LogP contribution in [0, 0.1) is 0 Å². The van der Waals surface area contributed by atoms with Crippen LogP contribution in [-0.2, 0) is 4.79 Å². The van der Waals surface area contributed by atoms with E-state index in [1.54, 1.807) is 12.4 Å². The number of benzene rings is 1. The first-order valence-corrected chi connectivity index (χ1v) is 7.72. The van der Waals surface area contributed by atoms with Crippen LogP contribution in [0.1, 0.15) is 43.4 Å². The molecule has 1 atom stereocenters. The van der Waals surface area contributed by atoms with E-state index in [1.165, 1.54) is 0 Å². The van der Waals surface area contributed by atoms with Gasteiger partial charge in [0.25, 0.3) is 0 Å². The molecule has 116 valence electrons. The smallest absolute Gasteiger partial charge is 0.226 e.